The molecule has 11 heteroatoms. The molecule has 0 aromatic heterocycles. The quantitative estimate of drug-likeness (QED) is 0.212. The predicted octanol–water partition coefficient (Wildman–Crippen LogP) is -3.33. The van der Waals surface area contributed by atoms with Crippen molar-refractivity contribution in [3.05, 3.63) is 0 Å². The van der Waals surface area contributed by atoms with Gasteiger partial charge in [-0.05, 0) is 12.3 Å². The molecule has 0 aromatic rings. The van der Waals surface area contributed by atoms with E-state index in [4.69, 9.17) is 18.9 Å². The minimum atomic E-state index is -1.70. The Morgan fingerprint density at radius 1 is 0.750 bits per heavy atom. The fourth-order valence-corrected chi connectivity index (χ4v) is 3.11. The van der Waals surface area contributed by atoms with Crippen molar-refractivity contribution in [3.63, 3.8) is 0 Å². The SMILES string of the molecule is CC(C)CCO[C@H]1O[C@H](CO)[C@@H](O)[C@H](O[C@H]2O[C@H](CO)[C@@H](O)[C@H](O)[C@@H]2O)[C@@H]1O. The second-order valence-corrected chi connectivity index (χ2v) is 7.56. The van der Waals surface area contributed by atoms with E-state index >= 15 is 0 Å². The molecule has 0 bridgehead atoms. The van der Waals surface area contributed by atoms with Crippen molar-refractivity contribution in [3.8, 4) is 0 Å². The van der Waals surface area contributed by atoms with Gasteiger partial charge in [0.1, 0.15) is 48.8 Å². The summed E-state index contributed by atoms with van der Waals surface area (Å²) >= 11 is 0. The minimum Gasteiger partial charge on any atom is -0.394 e. The third-order valence-electron chi connectivity index (χ3n) is 4.94. The molecule has 0 radical (unpaired) electrons. The molecule has 0 aromatic carbocycles. The molecule has 2 saturated heterocycles. The molecule has 10 atom stereocenters. The van der Waals surface area contributed by atoms with Crippen LogP contribution >= 0.6 is 0 Å². The number of rotatable bonds is 8. The Morgan fingerprint density at radius 3 is 1.89 bits per heavy atom. The van der Waals surface area contributed by atoms with Crippen LogP contribution in [0.4, 0.5) is 0 Å². The number of hydrogen-bond donors (Lipinski definition) is 7. The lowest BCUT2D eigenvalue weighted by Crippen LogP contribution is -2.64. The first kappa shape index (κ1) is 23.8. The molecular formula is C17H32O11. The fraction of sp³-hybridized carbons (Fsp3) is 1.00. The zero-order valence-electron chi connectivity index (χ0n) is 15.9. The highest BCUT2D eigenvalue weighted by Crippen LogP contribution is 2.29. The first-order valence-corrected chi connectivity index (χ1v) is 9.41. The van der Waals surface area contributed by atoms with E-state index < -0.39 is 74.6 Å². The average Bonchev–Trinajstić information content (AvgIpc) is 2.66. The van der Waals surface area contributed by atoms with Crippen LogP contribution in [0.5, 0.6) is 0 Å². The molecule has 11 nitrogen and oxygen atoms in total. The number of ether oxygens (including phenoxy) is 4. The highest BCUT2D eigenvalue weighted by atomic mass is 16.7. The zero-order chi connectivity index (χ0) is 21.0. The Balaban J connectivity index is 2.09. The number of hydrogen-bond acceptors (Lipinski definition) is 11. The van der Waals surface area contributed by atoms with Crippen molar-refractivity contribution in [1.29, 1.82) is 0 Å². The molecule has 0 amide bonds. The van der Waals surface area contributed by atoms with E-state index in [0.717, 1.165) is 0 Å². The van der Waals surface area contributed by atoms with Gasteiger partial charge in [0.05, 0.1) is 19.8 Å². The molecule has 2 fully saturated rings. The van der Waals surface area contributed by atoms with E-state index in [0.29, 0.717) is 12.3 Å². The molecule has 0 saturated carbocycles. The average molecular weight is 412 g/mol. The third kappa shape index (κ3) is 5.37. The minimum absolute atomic E-state index is 0.264. The molecule has 2 aliphatic heterocycles. The van der Waals surface area contributed by atoms with Crippen LogP contribution in [0.1, 0.15) is 20.3 Å². The monoisotopic (exact) mass is 412 g/mol. The summed E-state index contributed by atoms with van der Waals surface area (Å²) in [6.07, 6.45) is -13.7. The summed E-state index contributed by atoms with van der Waals surface area (Å²) in [6, 6.07) is 0. The smallest absolute Gasteiger partial charge is 0.187 e. The van der Waals surface area contributed by atoms with Gasteiger partial charge in [0.2, 0.25) is 0 Å². The molecule has 2 aliphatic rings. The van der Waals surface area contributed by atoms with Gasteiger partial charge in [-0.2, -0.15) is 0 Å². The maximum absolute atomic E-state index is 10.5. The second kappa shape index (κ2) is 10.5. The van der Waals surface area contributed by atoms with Crippen molar-refractivity contribution in [2.24, 2.45) is 5.92 Å². The summed E-state index contributed by atoms with van der Waals surface area (Å²) in [7, 11) is 0. The van der Waals surface area contributed by atoms with Gasteiger partial charge < -0.3 is 54.7 Å². The van der Waals surface area contributed by atoms with E-state index in [2.05, 4.69) is 0 Å². The van der Waals surface area contributed by atoms with Crippen molar-refractivity contribution < 1.29 is 54.7 Å². The summed E-state index contributed by atoms with van der Waals surface area (Å²) in [5.41, 5.74) is 0. The van der Waals surface area contributed by atoms with Crippen molar-refractivity contribution in [2.75, 3.05) is 19.8 Å². The lowest BCUT2D eigenvalue weighted by atomic mass is 9.97. The molecule has 0 aliphatic carbocycles. The van der Waals surface area contributed by atoms with Gasteiger partial charge in [0.25, 0.3) is 0 Å². The molecule has 2 heterocycles. The Kier molecular flexibility index (Phi) is 8.98. The van der Waals surface area contributed by atoms with Gasteiger partial charge in [0, 0.05) is 0 Å². The van der Waals surface area contributed by atoms with Crippen LogP contribution in [0.2, 0.25) is 0 Å². The lowest BCUT2D eigenvalue weighted by Gasteiger charge is -2.45. The van der Waals surface area contributed by atoms with Gasteiger partial charge in [-0.3, -0.25) is 0 Å². The summed E-state index contributed by atoms with van der Waals surface area (Å²) in [4.78, 5) is 0. The first-order chi connectivity index (χ1) is 13.2. The van der Waals surface area contributed by atoms with Crippen molar-refractivity contribution >= 4 is 0 Å². The van der Waals surface area contributed by atoms with E-state index in [1.165, 1.54) is 0 Å². The highest BCUT2D eigenvalue weighted by molar-refractivity contribution is 4.94. The van der Waals surface area contributed by atoms with Gasteiger partial charge in [-0.25, -0.2) is 0 Å². The molecule has 2 rings (SSSR count). The van der Waals surface area contributed by atoms with E-state index in [-0.39, 0.29) is 6.61 Å². The summed E-state index contributed by atoms with van der Waals surface area (Å²) in [6.45, 7) is 3.02. The summed E-state index contributed by atoms with van der Waals surface area (Å²) in [5, 5.41) is 69.4. The number of aliphatic hydroxyl groups excluding tert-OH is 7. The summed E-state index contributed by atoms with van der Waals surface area (Å²) in [5.74, 6) is 0.348. The Hall–Kier alpha value is -0.440. The topological polar surface area (TPSA) is 179 Å². The van der Waals surface area contributed by atoms with Gasteiger partial charge >= 0.3 is 0 Å². The van der Waals surface area contributed by atoms with Crippen molar-refractivity contribution in [1.82, 2.24) is 0 Å². The Morgan fingerprint density at radius 2 is 1.32 bits per heavy atom. The Bertz CT molecular complexity index is 462. The van der Waals surface area contributed by atoms with Crippen LogP contribution in [0.15, 0.2) is 0 Å². The molecule has 28 heavy (non-hydrogen) atoms. The molecule has 166 valence electrons. The van der Waals surface area contributed by atoms with E-state index in [1.54, 1.807) is 0 Å². The normalized spacial score (nSPS) is 44.8. The van der Waals surface area contributed by atoms with Crippen LogP contribution in [0.25, 0.3) is 0 Å². The van der Waals surface area contributed by atoms with E-state index in [9.17, 15) is 35.7 Å². The number of aliphatic hydroxyl groups is 7. The van der Waals surface area contributed by atoms with Gasteiger partial charge in [-0.1, -0.05) is 13.8 Å². The van der Waals surface area contributed by atoms with E-state index in [1.807, 2.05) is 13.8 Å². The van der Waals surface area contributed by atoms with Crippen LogP contribution < -0.4 is 0 Å². The van der Waals surface area contributed by atoms with Crippen molar-refractivity contribution in [2.45, 2.75) is 81.7 Å². The molecule has 7 N–H and O–H groups in total. The first-order valence-electron chi connectivity index (χ1n) is 9.41. The predicted molar refractivity (Wildman–Crippen MR) is 91.8 cm³/mol. The molecular weight excluding hydrogens is 380 g/mol. The second-order valence-electron chi connectivity index (χ2n) is 7.56. The Labute approximate surface area is 163 Å². The molecule has 0 unspecified atom stereocenters. The third-order valence-corrected chi connectivity index (χ3v) is 4.94. The van der Waals surface area contributed by atoms with Crippen LogP contribution in [0.3, 0.4) is 0 Å². The largest absolute Gasteiger partial charge is 0.394 e. The van der Waals surface area contributed by atoms with Crippen LogP contribution in [-0.4, -0.2) is 117 Å². The van der Waals surface area contributed by atoms with Gasteiger partial charge in [0.15, 0.2) is 12.6 Å². The molecule has 0 spiro atoms. The lowest BCUT2D eigenvalue weighted by molar-refractivity contribution is -0.360. The maximum atomic E-state index is 10.5. The highest BCUT2D eigenvalue weighted by Gasteiger charge is 2.50. The van der Waals surface area contributed by atoms with Crippen LogP contribution in [0, 0.1) is 5.92 Å². The zero-order valence-corrected chi connectivity index (χ0v) is 15.9. The van der Waals surface area contributed by atoms with Gasteiger partial charge in [-0.15, -0.1) is 0 Å². The van der Waals surface area contributed by atoms with Crippen LogP contribution in [-0.2, 0) is 18.9 Å². The standard InChI is InChI=1S/C17H32O11/c1-7(2)3-4-25-16-14(24)15(11(21)9(6-19)26-16)28-17-13(23)12(22)10(20)8(5-18)27-17/h7-24H,3-6H2,1-2H3/t8-,9-,10-,11-,12+,13+,14+,15+,16+,17-/m1/s1. The summed E-state index contributed by atoms with van der Waals surface area (Å²) < 4.78 is 21.6. The fourth-order valence-electron chi connectivity index (χ4n) is 3.11. The maximum Gasteiger partial charge on any atom is 0.187 e.